The first-order valence-corrected chi connectivity index (χ1v) is 7.18. The first-order valence-electron chi connectivity index (χ1n) is 7.18. The second-order valence-electron chi connectivity index (χ2n) is 5.15. The Kier molecular flexibility index (Phi) is 3.68. The van der Waals surface area contributed by atoms with Gasteiger partial charge in [0.2, 0.25) is 0 Å². The van der Waals surface area contributed by atoms with Gasteiger partial charge in [0.05, 0.1) is 5.69 Å². The largest absolute Gasteiger partial charge is 0.401 e. The summed E-state index contributed by atoms with van der Waals surface area (Å²) in [4.78, 5) is 12.2. The minimum atomic E-state index is -0.392. The van der Waals surface area contributed by atoms with Crippen LogP contribution in [0.5, 0.6) is 0 Å². The number of carbonyl (C=O) groups excluding carboxylic acids is 1. The fraction of sp³-hybridized carbons (Fsp3) is 0.357. The maximum atomic E-state index is 12.2. The lowest BCUT2D eigenvalue weighted by atomic mass is 10.3. The highest BCUT2D eigenvalue weighted by atomic mass is 16.4. The van der Waals surface area contributed by atoms with Crippen LogP contribution in [0.3, 0.4) is 0 Å². The zero-order valence-corrected chi connectivity index (χ0v) is 13.4. The van der Waals surface area contributed by atoms with Gasteiger partial charge in [0, 0.05) is 19.3 Å². The van der Waals surface area contributed by atoms with Crippen LogP contribution < -0.4 is 5.32 Å². The Morgan fingerprint density at radius 3 is 2.65 bits per heavy atom. The molecular weight excluding hydrogens is 298 g/mol. The molecule has 3 aromatic rings. The minimum absolute atomic E-state index is 0.0209. The van der Waals surface area contributed by atoms with Crippen molar-refractivity contribution in [2.45, 2.75) is 27.3 Å². The van der Waals surface area contributed by atoms with E-state index >= 15 is 0 Å². The van der Waals surface area contributed by atoms with Crippen LogP contribution in [0.25, 0.3) is 11.6 Å². The van der Waals surface area contributed by atoms with Gasteiger partial charge >= 0.3 is 6.01 Å². The van der Waals surface area contributed by atoms with E-state index in [4.69, 9.17) is 4.42 Å². The molecule has 1 amide bonds. The van der Waals surface area contributed by atoms with Crippen molar-refractivity contribution >= 4 is 11.9 Å². The van der Waals surface area contributed by atoms with E-state index in [1.54, 1.807) is 22.5 Å². The molecule has 120 valence electrons. The van der Waals surface area contributed by atoms with Crippen LogP contribution in [0.1, 0.15) is 28.8 Å². The summed E-state index contributed by atoms with van der Waals surface area (Å²) < 4.78 is 8.85. The molecule has 0 aliphatic heterocycles. The number of aromatic nitrogens is 6. The normalized spacial score (nSPS) is 11.0. The summed E-state index contributed by atoms with van der Waals surface area (Å²) in [5, 5.41) is 18.7. The molecule has 0 bridgehead atoms. The first-order chi connectivity index (χ1) is 11.0. The molecule has 0 aliphatic rings. The lowest BCUT2D eigenvalue weighted by molar-refractivity contribution is 0.101. The van der Waals surface area contributed by atoms with Crippen molar-refractivity contribution < 1.29 is 9.21 Å². The zero-order chi connectivity index (χ0) is 16.6. The molecule has 0 atom stereocenters. The van der Waals surface area contributed by atoms with Gasteiger partial charge in [0.25, 0.3) is 11.8 Å². The molecular formula is C14H17N7O2. The molecule has 3 heterocycles. The average Bonchev–Trinajstić information content (AvgIpc) is 3.18. The molecule has 1 N–H and O–H groups in total. The summed E-state index contributed by atoms with van der Waals surface area (Å²) in [6, 6.07) is 3.55. The van der Waals surface area contributed by atoms with Gasteiger partial charge < -0.3 is 4.42 Å². The van der Waals surface area contributed by atoms with Crippen LogP contribution >= 0.6 is 0 Å². The number of hydrogen-bond acceptors (Lipinski definition) is 6. The molecule has 9 nitrogen and oxygen atoms in total. The van der Waals surface area contributed by atoms with Crippen LogP contribution in [0, 0.1) is 13.8 Å². The van der Waals surface area contributed by atoms with Gasteiger partial charge in [0.15, 0.2) is 5.69 Å². The molecule has 0 radical (unpaired) electrons. The monoisotopic (exact) mass is 315 g/mol. The first kappa shape index (κ1) is 14.9. The topological polar surface area (TPSA) is 104 Å². The van der Waals surface area contributed by atoms with Crippen LogP contribution in [0.2, 0.25) is 0 Å². The summed E-state index contributed by atoms with van der Waals surface area (Å²) in [7, 11) is 1.78. The van der Waals surface area contributed by atoms with Gasteiger partial charge in [-0.1, -0.05) is 5.10 Å². The summed E-state index contributed by atoms with van der Waals surface area (Å²) in [6.07, 6.45) is 0. The number of rotatable bonds is 4. The Bertz CT molecular complexity index is 858. The second-order valence-corrected chi connectivity index (χ2v) is 5.15. The predicted molar refractivity (Wildman–Crippen MR) is 81.8 cm³/mol. The molecule has 0 saturated carbocycles. The number of carbonyl (C=O) groups is 1. The fourth-order valence-corrected chi connectivity index (χ4v) is 2.29. The third kappa shape index (κ3) is 2.85. The highest BCUT2D eigenvalue weighted by Gasteiger charge is 2.17. The summed E-state index contributed by atoms with van der Waals surface area (Å²) >= 11 is 0. The lowest BCUT2D eigenvalue weighted by Gasteiger charge is -1.97. The van der Waals surface area contributed by atoms with Gasteiger partial charge in [0.1, 0.15) is 5.69 Å². The Balaban J connectivity index is 1.78. The number of nitrogens with one attached hydrogen (secondary N) is 1. The SMILES string of the molecule is CCn1nc(C(=O)Nc2nnc(-c3cc(C)nn3C)o2)cc1C. The van der Waals surface area contributed by atoms with Crippen molar-refractivity contribution in [2.24, 2.45) is 7.05 Å². The van der Waals surface area contributed by atoms with Crippen LogP contribution in [-0.4, -0.2) is 35.7 Å². The second kappa shape index (κ2) is 5.67. The van der Waals surface area contributed by atoms with Crippen LogP contribution in [-0.2, 0) is 13.6 Å². The van der Waals surface area contributed by atoms with E-state index in [9.17, 15) is 4.79 Å². The highest BCUT2D eigenvalue weighted by Crippen LogP contribution is 2.20. The van der Waals surface area contributed by atoms with Crippen molar-refractivity contribution in [2.75, 3.05) is 5.32 Å². The molecule has 0 saturated heterocycles. The Labute approximate surface area is 132 Å². The number of hydrogen-bond donors (Lipinski definition) is 1. The van der Waals surface area contributed by atoms with E-state index in [-0.39, 0.29) is 6.01 Å². The highest BCUT2D eigenvalue weighted by molar-refractivity contribution is 6.01. The lowest BCUT2D eigenvalue weighted by Crippen LogP contribution is -2.13. The molecule has 0 spiro atoms. The maximum absolute atomic E-state index is 12.2. The van der Waals surface area contributed by atoms with Crippen molar-refractivity contribution in [1.29, 1.82) is 0 Å². The minimum Gasteiger partial charge on any atom is -0.401 e. The van der Waals surface area contributed by atoms with E-state index < -0.39 is 5.91 Å². The van der Waals surface area contributed by atoms with Crippen LogP contribution in [0.4, 0.5) is 6.01 Å². The van der Waals surface area contributed by atoms with E-state index in [1.165, 1.54) is 0 Å². The van der Waals surface area contributed by atoms with E-state index in [0.29, 0.717) is 23.8 Å². The van der Waals surface area contributed by atoms with Crippen molar-refractivity contribution in [3.8, 4) is 11.6 Å². The number of nitrogens with zero attached hydrogens (tertiary/aromatic N) is 6. The number of amides is 1. The number of aryl methyl sites for hydroxylation is 4. The predicted octanol–water partition coefficient (Wildman–Crippen LogP) is 1.56. The van der Waals surface area contributed by atoms with E-state index in [0.717, 1.165) is 11.4 Å². The molecule has 9 heteroatoms. The smallest absolute Gasteiger partial charge is 0.322 e. The molecule has 23 heavy (non-hydrogen) atoms. The third-order valence-electron chi connectivity index (χ3n) is 3.38. The van der Waals surface area contributed by atoms with Crippen molar-refractivity contribution in [3.05, 3.63) is 29.2 Å². The molecule has 3 rings (SSSR count). The fourth-order valence-electron chi connectivity index (χ4n) is 2.29. The quantitative estimate of drug-likeness (QED) is 0.783. The molecule has 0 aliphatic carbocycles. The van der Waals surface area contributed by atoms with Crippen molar-refractivity contribution in [3.63, 3.8) is 0 Å². The standard InChI is InChI=1S/C14H17N7O2/c1-5-21-9(3)7-10(19-21)12(22)15-14-17-16-13(23-14)11-6-8(2)18-20(11)4/h6-7H,5H2,1-4H3,(H,15,17,22). The molecule has 3 aromatic heterocycles. The van der Waals surface area contributed by atoms with E-state index in [2.05, 4.69) is 25.7 Å². The molecule has 0 unspecified atom stereocenters. The van der Waals surface area contributed by atoms with Gasteiger partial charge in [-0.25, -0.2) is 0 Å². The summed E-state index contributed by atoms with van der Waals surface area (Å²) in [5.74, 6) is -0.102. The maximum Gasteiger partial charge on any atom is 0.322 e. The van der Waals surface area contributed by atoms with Crippen LogP contribution in [0.15, 0.2) is 16.5 Å². The van der Waals surface area contributed by atoms with Gasteiger partial charge in [-0.2, -0.15) is 10.2 Å². The third-order valence-corrected chi connectivity index (χ3v) is 3.38. The molecule has 0 aromatic carbocycles. The number of anilines is 1. The summed E-state index contributed by atoms with van der Waals surface area (Å²) in [6.45, 7) is 6.42. The Morgan fingerprint density at radius 1 is 1.26 bits per heavy atom. The van der Waals surface area contributed by atoms with Gasteiger partial charge in [-0.05, 0) is 32.9 Å². The van der Waals surface area contributed by atoms with Gasteiger partial charge in [-0.15, -0.1) is 5.10 Å². The van der Waals surface area contributed by atoms with Gasteiger partial charge in [-0.3, -0.25) is 19.5 Å². The summed E-state index contributed by atoms with van der Waals surface area (Å²) in [5.41, 5.74) is 2.74. The van der Waals surface area contributed by atoms with E-state index in [1.807, 2.05) is 26.8 Å². The Morgan fingerprint density at radius 2 is 2.04 bits per heavy atom. The molecule has 0 fully saturated rings. The average molecular weight is 315 g/mol. The zero-order valence-electron chi connectivity index (χ0n) is 13.4. The Hall–Kier alpha value is -2.97. The van der Waals surface area contributed by atoms with Crippen molar-refractivity contribution in [1.82, 2.24) is 29.8 Å².